The quantitative estimate of drug-likeness (QED) is 0.428. The van der Waals surface area contributed by atoms with Crippen LogP contribution in [-0.4, -0.2) is 19.2 Å². The summed E-state index contributed by atoms with van der Waals surface area (Å²) in [5, 5.41) is 11.2. The maximum Gasteiger partial charge on any atom is 0.351 e. The number of anilines is 1. The number of hydrogen-bond acceptors (Lipinski definition) is 6. The van der Waals surface area contributed by atoms with Crippen LogP contribution in [0.15, 0.2) is 54.8 Å². The molecule has 1 N–H and O–H groups in total. The van der Waals surface area contributed by atoms with Crippen molar-refractivity contribution >= 4 is 38.4 Å². The molecule has 0 saturated heterocycles. The molecule has 0 aliphatic heterocycles. The van der Waals surface area contributed by atoms with Crippen molar-refractivity contribution in [1.29, 1.82) is 0 Å². The Bertz CT molecular complexity index is 1230. The summed E-state index contributed by atoms with van der Waals surface area (Å²) < 4.78 is 10.5. The molecule has 6 nitrogen and oxygen atoms in total. The minimum Gasteiger partial charge on any atom is -0.508 e. The standard InChI is InChI=1S/C18H13NO5/c1-19(2)9-3-5-11-14(7-9)24-18(22)16-15(11)12-8-10(20)4-6-13(12)23-17(16)21/h3-8,20H,1-2H3. The molecule has 6 heteroatoms. The van der Waals surface area contributed by atoms with Gasteiger partial charge in [0.25, 0.3) is 0 Å². The van der Waals surface area contributed by atoms with Crippen LogP contribution in [0.25, 0.3) is 32.7 Å². The summed E-state index contributed by atoms with van der Waals surface area (Å²) in [6.07, 6.45) is 0. The summed E-state index contributed by atoms with van der Waals surface area (Å²) in [4.78, 5) is 26.4. The molecule has 2 heterocycles. The Morgan fingerprint density at radius 3 is 2.25 bits per heavy atom. The van der Waals surface area contributed by atoms with E-state index in [1.807, 2.05) is 25.1 Å². The van der Waals surface area contributed by atoms with Gasteiger partial charge in [0.1, 0.15) is 16.9 Å². The van der Waals surface area contributed by atoms with E-state index in [2.05, 4.69) is 0 Å². The monoisotopic (exact) mass is 323 g/mol. The Balaban J connectivity index is 2.33. The second-order valence-corrected chi connectivity index (χ2v) is 5.78. The lowest BCUT2D eigenvalue weighted by Crippen LogP contribution is -2.13. The number of aromatic hydroxyl groups is 1. The van der Waals surface area contributed by atoms with Crippen molar-refractivity contribution in [2.24, 2.45) is 0 Å². The van der Waals surface area contributed by atoms with Crippen LogP contribution < -0.4 is 16.2 Å². The fourth-order valence-electron chi connectivity index (χ4n) is 2.89. The fourth-order valence-corrected chi connectivity index (χ4v) is 2.89. The highest BCUT2D eigenvalue weighted by Crippen LogP contribution is 2.31. The van der Waals surface area contributed by atoms with Crippen LogP contribution in [0.1, 0.15) is 0 Å². The minimum atomic E-state index is -0.757. The number of fused-ring (bicyclic) bond motifs is 5. The van der Waals surface area contributed by atoms with Gasteiger partial charge in [-0.1, -0.05) is 0 Å². The first-order valence-electron chi connectivity index (χ1n) is 7.29. The van der Waals surface area contributed by atoms with Gasteiger partial charge in [0.15, 0.2) is 5.39 Å². The van der Waals surface area contributed by atoms with E-state index in [0.717, 1.165) is 5.69 Å². The largest absolute Gasteiger partial charge is 0.508 e. The molecule has 0 aliphatic carbocycles. The van der Waals surface area contributed by atoms with Gasteiger partial charge >= 0.3 is 11.3 Å². The highest BCUT2D eigenvalue weighted by molar-refractivity contribution is 6.17. The van der Waals surface area contributed by atoms with Gasteiger partial charge in [0.05, 0.1) is 0 Å². The second-order valence-electron chi connectivity index (χ2n) is 5.78. The lowest BCUT2D eigenvalue weighted by atomic mass is 10.0. The molecule has 4 rings (SSSR count). The molecular formula is C18H13NO5. The molecule has 0 radical (unpaired) electrons. The zero-order valence-electron chi connectivity index (χ0n) is 13.0. The highest BCUT2D eigenvalue weighted by Gasteiger charge is 2.17. The number of hydrogen-bond donors (Lipinski definition) is 1. The van der Waals surface area contributed by atoms with E-state index in [1.165, 1.54) is 18.2 Å². The van der Waals surface area contributed by atoms with Gasteiger partial charge < -0.3 is 18.8 Å². The summed E-state index contributed by atoms with van der Waals surface area (Å²) in [5.41, 5.74) is 0.0193. The Hall–Kier alpha value is -3.28. The highest BCUT2D eigenvalue weighted by atomic mass is 16.4. The second kappa shape index (κ2) is 4.86. The zero-order valence-corrected chi connectivity index (χ0v) is 13.0. The Labute approximate surface area is 135 Å². The van der Waals surface area contributed by atoms with Gasteiger partial charge in [0.2, 0.25) is 0 Å². The van der Waals surface area contributed by atoms with Crippen molar-refractivity contribution in [3.63, 3.8) is 0 Å². The number of rotatable bonds is 1. The minimum absolute atomic E-state index is 0.0175. The molecule has 0 atom stereocenters. The summed E-state index contributed by atoms with van der Waals surface area (Å²) in [6, 6.07) is 9.79. The maximum absolute atomic E-state index is 12.3. The predicted molar refractivity (Wildman–Crippen MR) is 92.0 cm³/mol. The van der Waals surface area contributed by atoms with Gasteiger partial charge in [-0.05, 0) is 30.3 Å². The average Bonchev–Trinajstić information content (AvgIpc) is 2.54. The lowest BCUT2D eigenvalue weighted by molar-refractivity contribution is 0.475. The van der Waals surface area contributed by atoms with Crippen molar-refractivity contribution in [2.75, 3.05) is 19.0 Å². The predicted octanol–water partition coefficient (Wildman–Crippen LogP) is 2.82. The third-order valence-corrected chi connectivity index (χ3v) is 4.05. The Morgan fingerprint density at radius 1 is 0.833 bits per heavy atom. The van der Waals surface area contributed by atoms with Gasteiger partial charge in [-0.2, -0.15) is 0 Å². The third-order valence-electron chi connectivity index (χ3n) is 4.05. The number of benzene rings is 2. The van der Waals surface area contributed by atoms with E-state index in [4.69, 9.17) is 8.83 Å². The zero-order chi connectivity index (χ0) is 17.0. The molecule has 0 bridgehead atoms. The summed E-state index contributed by atoms with van der Waals surface area (Å²) in [7, 11) is 3.75. The summed E-state index contributed by atoms with van der Waals surface area (Å²) >= 11 is 0. The summed E-state index contributed by atoms with van der Waals surface area (Å²) in [5.74, 6) is 0.0175. The van der Waals surface area contributed by atoms with Crippen LogP contribution in [0, 0.1) is 0 Å². The van der Waals surface area contributed by atoms with Crippen molar-refractivity contribution in [3.05, 3.63) is 57.2 Å². The first-order chi connectivity index (χ1) is 11.5. The van der Waals surface area contributed by atoms with Crippen LogP contribution in [0.4, 0.5) is 5.69 Å². The molecular weight excluding hydrogens is 310 g/mol. The lowest BCUT2D eigenvalue weighted by Gasteiger charge is -2.13. The number of nitrogens with zero attached hydrogens (tertiary/aromatic N) is 1. The van der Waals surface area contributed by atoms with E-state index < -0.39 is 11.3 Å². The van der Waals surface area contributed by atoms with Crippen LogP contribution >= 0.6 is 0 Å². The van der Waals surface area contributed by atoms with Crippen molar-refractivity contribution in [2.45, 2.75) is 0 Å². The van der Waals surface area contributed by atoms with Crippen molar-refractivity contribution in [3.8, 4) is 5.75 Å². The van der Waals surface area contributed by atoms with Gasteiger partial charge in [-0.15, -0.1) is 0 Å². The van der Waals surface area contributed by atoms with Gasteiger partial charge in [-0.3, -0.25) is 0 Å². The molecule has 0 saturated carbocycles. The summed E-state index contributed by atoms with van der Waals surface area (Å²) in [6.45, 7) is 0. The molecule has 0 unspecified atom stereocenters. The molecule has 120 valence electrons. The van der Waals surface area contributed by atoms with E-state index in [1.54, 1.807) is 12.1 Å². The van der Waals surface area contributed by atoms with Gasteiger partial charge in [-0.25, -0.2) is 9.59 Å². The average molecular weight is 323 g/mol. The SMILES string of the molecule is CN(C)c1ccc2c(c1)oc(=O)c1c(=O)oc3ccc(O)cc3c12. The van der Waals surface area contributed by atoms with E-state index in [9.17, 15) is 14.7 Å². The topological polar surface area (TPSA) is 83.9 Å². The smallest absolute Gasteiger partial charge is 0.351 e. The van der Waals surface area contributed by atoms with Crippen LogP contribution in [0.2, 0.25) is 0 Å². The fraction of sp³-hybridized carbons (Fsp3) is 0.111. The Kier molecular flexibility index (Phi) is 2.90. The maximum atomic E-state index is 12.3. The number of phenols is 1. The molecule has 24 heavy (non-hydrogen) atoms. The van der Waals surface area contributed by atoms with Crippen LogP contribution in [0.5, 0.6) is 5.75 Å². The van der Waals surface area contributed by atoms with Crippen LogP contribution in [-0.2, 0) is 0 Å². The molecule has 0 spiro atoms. The number of phenolic OH excluding ortho intramolecular Hbond substituents is 1. The molecule has 2 aromatic carbocycles. The Morgan fingerprint density at radius 2 is 1.54 bits per heavy atom. The third kappa shape index (κ3) is 1.96. The first kappa shape index (κ1) is 14.3. The molecule has 2 aromatic heterocycles. The van der Waals surface area contributed by atoms with Crippen LogP contribution in [0.3, 0.4) is 0 Å². The molecule has 4 aromatic rings. The van der Waals surface area contributed by atoms with Crippen molar-refractivity contribution < 1.29 is 13.9 Å². The van der Waals surface area contributed by atoms with Crippen molar-refractivity contribution in [1.82, 2.24) is 0 Å². The first-order valence-corrected chi connectivity index (χ1v) is 7.29. The van der Waals surface area contributed by atoms with E-state index in [0.29, 0.717) is 27.3 Å². The van der Waals surface area contributed by atoms with Gasteiger partial charge in [0, 0.05) is 42.0 Å². The molecule has 0 aliphatic rings. The normalized spacial score (nSPS) is 11.4. The molecule has 0 amide bonds. The molecule has 0 fully saturated rings. The van der Waals surface area contributed by atoms with E-state index >= 15 is 0 Å². The van der Waals surface area contributed by atoms with E-state index in [-0.39, 0.29) is 11.1 Å².